The molecular formula is C19H15Cl2F4N3O2S. The van der Waals surface area contributed by atoms with Crippen LogP contribution in [0.1, 0.15) is 10.4 Å². The number of carbonyl (C=O) groups is 1. The zero-order valence-electron chi connectivity index (χ0n) is 15.9. The average Bonchev–Trinajstić information content (AvgIpc) is 2.76. The standard InChI is InChI=1S/C19H15Cl2F4N3O2S/c1-30-11-3-2-9(8-10(11)20)18(29)26-19(31)28-6-4-27(5-7-28)17-15(24)13(22)12(21)14(23)16(17)25/h2-3,8H,4-7H2,1H3,(H,26,29,31). The van der Waals surface area contributed by atoms with E-state index in [2.05, 4.69) is 5.32 Å². The van der Waals surface area contributed by atoms with Crippen LogP contribution in [-0.4, -0.2) is 49.2 Å². The molecule has 1 aliphatic heterocycles. The molecule has 166 valence electrons. The molecule has 3 rings (SSSR count). The summed E-state index contributed by atoms with van der Waals surface area (Å²) in [4.78, 5) is 15.1. The number of hydrogen-bond donors (Lipinski definition) is 1. The Morgan fingerprint density at radius 2 is 1.61 bits per heavy atom. The number of anilines is 1. The van der Waals surface area contributed by atoms with Gasteiger partial charge in [-0.25, -0.2) is 17.6 Å². The molecule has 1 amide bonds. The SMILES string of the molecule is COc1ccc(C(=O)NC(=S)N2CCN(c3c(F)c(F)c(Cl)c(F)c3F)CC2)cc1Cl. The first-order valence-electron chi connectivity index (χ1n) is 8.85. The van der Waals surface area contributed by atoms with E-state index < -0.39 is 39.9 Å². The number of methoxy groups -OCH3 is 1. The smallest absolute Gasteiger partial charge is 0.257 e. The van der Waals surface area contributed by atoms with Crippen molar-refractivity contribution in [2.24, 2.45) is 0 Å². The lowest BCUT2D eigenvalue weighted by atomic mass is 10.2. The Morgan fingerprint density at radius 3 is 2.13 bits per heavy atom. The van der Waals surface area contributed by atoms with Crippen LogP contribution in [0.25, 0.3) is 0 Å². The maximum absolute atomic E-state index is 14.2. The van der Waals surface area contributed by atoms with E-state index in [4.69, 9.17) is 40.2 Å². The molecule has 1 saturated heterocycles. The van der Waals surface area contributed by atoms with Gasteiger partial charge in [-0.15, -0.1) is 0 Å². The molecule has 0 atom stereocenters. The molecule has 0 saturated carbocycles. The van der Waals surface area contributed by atoms with E-state index in [1.165, 1.54) is 25.3 Å². The lowest BCUT2D eigenvalue weighted by molar-refractivity contribution is 0.0973. The molecule has 2 aromatic rings. The van der Waals surface area contributed by atoms with Gasteiger partial charge in [-0.1, -0.05) is 23.2 Å². The summed E-state index contributed by atoms with van der Waals surface area (Å²) >= 11 is 16.5. The third kappa shape index (κ3) is 4.65. The number of amides is 1. The van der Waals surface area contributed by atoms with E-state index in [0.29, 0.717) is 5.75 Å². The van der Waals surface area contributed by atoms with Crippen LogP contribution in [0.15, 0.2) is 18.2 Å². The van der Waals surface area contributed by atoms with E-state index in [-0.39, 0.29) is 41.9 Å². The van der Waals surface area contributed by atoms with Crippen LogP contribution in [0.3, 0.4) is 0 Å². The number of carbonyl (C=O) groups excluding carboxylic acids is 1. The Labute approximate surface area is 190 Å². The summed E-state index contributed by atoms with van der Waals surface area (Å²) in [6.45, 7) is 0.290. The highest BCUT2D eigenvalue weighted by Crippen LogP contribution is 2.34. The van der Waals surface area contributed by atoms with Gasteiger partial charge in [0.25, 0.3) is 5.91 Å². The molecule has 31 heavy (non-hydrogen) atoms. The van der Waals surface area contributed by atoms with Crippen LogP contribution in [0, 0.1) is 23.3 Å². The minimum Gasteiger partial charge on any atom is -0.495 e. The zero-order chi connectivity index (χ0) is 22.9. The fourth-order valence-electron chi connectivity index (χ4n) is 3.06. The number of hydrogen-bond acceptors (Lipinski definition) is 4. The second-order valence-electron chi connectivity index (χ2n) is 6.50. The minimum absolute atomic E-state index is 0.00126. The molecule has 5 nitrogen and oxygen atoms in total. The van der Waals surface area contributed by atoms with E-state index in [1.54, 1.807) is 4.90 Å². The van der Waals surface area contributed by atoms with Gasteiger partial charge in [-0.05, 0) is 30.4 Å². The molecule has 0 unspecified atom stereocenters. The van der Waals surface area contributed by atoms with Crippen molar-refractivity contribution in [2.75, 3.05) is 38.2 Å². The highest BCUT2D eigenvalue weighted by Gasteiger charge is 2.30. The van der Waals surface area contributed by atoms with Gasteiger partial charge in [-0.2, -0.15) is 0 Å². The van der Waals surface area contributed by atoms with Gasteiger partial charge >= 0.3 is 0 Å². The van der Waals surface area contributed by atoms with Gasteiger partial charge in [0.15, 0.2) is 28.4 Å². The first-order chi connectivity index (χ1) is 14.6. The van der Waals surface area contributed by atoms with E-state index >= 15 is 0 Å². The van der Waals surface area contributed by atoms with Gasteiger partial charge in [0.1, 0.15) is 16.5 Å². The number of rotatable bonds is 3. The molecule has 12 heteroatoms. The first-order valence-corrected chi connectivity index (χ1v) is 10.0. The van der Waals surface area contributed by atoms with Gasteiger partial charge < -0.3 is 14.5 Å². The number of benzene rings is 2. The minimum atomic E-state index is -1.65. The van der Waals surface area contributed by atoms with E-state index in [9.17, 15) is 22.4 Å². The number of ether oxygens (including phenoxy) is 1. The highest BCUT2D eigenvalue weighted by atomic mass is 35.5. The number of halogens is 6. The summed E-state index contributed by atoms with van der Waals surface area (Å²) in [5, 5.41) is 1.65. The van der Waals surface area contributed by atoms with Crippen molar-refractivity contribution in [2.45, 2.75) is 0 Å². The van der Waals surface area contributed by atoms with Gasteiger partial charge in [0.2, 0.25) is 0 Å². The fourth-order valence-corrected chi connectivity index (χ4v) is 3.76. The largest absolute Gasteiger partial charge is 0.495 e. The lowest BCUT2D eigenvalue weighted by Gasteiger charge is -2.37. The summed E-state index contributed by atoms with van der Waals surface area (Å²) in [6, 6.07) is 4.47. The van der Waals surface area contributed by atoms with Crippen LogP contribution < -0.4 is 15.0 Å². The topological polar surface area (TPSA) is 44.8 Å². The fraction of sp³-hybridized carbons (Fsp3) is 0.263. The van der Waals surface area contributed by atoms with E-state index in [1.807, 2.05) is 0 Å². The third-order valence-corrected chi connectivity index (χ3v) is 5.69. The number of nitrogens with zero attached hydrogens (tertiary/aromatic N) is 2. The maximum atomic E-state index is 14.2. The Hall–Kier alpha value is -2.30. The van der Waals surface area contributed by atoms with Crippen molar-refractivity contribution in [1.82, 2.24) is 10.2 Å². The van der Waals surface area contributed by atoms with Crippen LogP contribution in [-0.2, 0) is 0 Å². The molecule has 0 radical (unpaired) electrons. The van der Waals surface area contributed by atoms with Crippen molar-refractivity contribution in [3.63, 3.8) is 0 Å². The second kappa shape index (κ2) is 9.46. The quantitative estimate of drug-likeness (QED) is 0.296. The molecule has 1 N–H and O–H groups in total. The number of thiocarbonyl (C=S) groups is 1. The molecule has 1 aliphatic rings. The summed E-state index contributed by atoms with van der Waals surface area (Å²) in [5.41, 5.74) is -0.579. The van der Waals surface area contributed by atoms with Crippen molar-refractivity contribution in [3.05, 3.63) is 57.1 Å². The molecule has 0 aromatic heterocycles. The summed E-state index contributed by atoms with van der Waals surface area (Å²) in [6.07, 6.45) is 0. The predicted molar refractivity (Wildman–Crippen MR) is 113 cm³/mol. The molecular weight excluding hydrogens is 481 g/mol. The van der Waals surface area contributed by atoms with Crippen molar-refractivity contribution in [1.29, 1.82) is 0 Å². The monoisotopic (exact) mass is 495 g/mol. The second-order valence-corrected chi connectivity index (χ2v) is 7.67. The molecule has 0 spiro atoms. The molecule has 1 heterocycles. The molecule has 0 aliphatic carbocycles. The first kappa shape index (κ1) is 23.4. The Bertz CT molecular complexity index is 1020. The van der Waals surface area contributed by atoms with Gasteiger partial charge in [-0.3, -0.25) is 10.1 Å². The van der Waals surface area contributed by atoms with Gasteiger partial charge in [0.05, 0.1) is 12.1 Å². The molecule has 2 aromatic carbocycles. The summed E-state index contributed by atoms with van der Waals surface area (Å²) in [7, 11) is 1.44. The van der Waals surface area contributed by atoms with Crippen LogP contribution in [0.4, 0.5) is 23.2 Å². The van der Waals surface area contributed by atoms with Crippen LogP contribution in [0.5, 0.6) is 5.75 Å². The van der Waals surface area contributed by atoms with Crippen molar-refractivity contribution >= 4 is 52.1 Å². The predicted octanol–water partition coefficient (Wildman–Crippen LogP) is 4.40. The summed E-state index contributed by atoms with van der Waals surface area (Å²) < 4.78 is 60.8. The number of piperazine rings is 1. The maximum Gasteiger partial charge on any atom is 0.257 e. The lowest BCUT2D eigenvalue weighted by Crippen LogP contribution is -2.53. The van der Waals surface area contributed by atoms with Gasteiger partial charge in [0, 0.05) is 31.7 Å². The van der Waals surface area contributed by atoms with Crippen LogP contribution in [0.2, 0.25) is 10.0 Å². The highest BCUT2D eigenvalue weighted by molar-refractivity contribution is 7.80. The summed E-state index contributed by atoms with van der Waals surface area (Å²) in [5.74, 6) is -6.53. The Morgan fingerprint density at radius 1 is 1.03 bits per heavy atom. The third-order valence-electron chi connectivity index (χ3n) is 4.70. The van der Waals surface area contributed by atoms with Crippen LogP contribution >= 0.6 is 35.4 Å². The van der Waals surface area contributed by atoms with Crippen molar-refractivity contribution in [3.8, 4) is 5.75 Å². The normalized spacial score (nSPS) is 13.9. The zero-order valence-corrected chi connectivity index (χ0v) is 18.3. The Kier molecular flexibility index (Phi) is 7.13. The molecule has 0 bridgehead atoms. The average molecular weight is 496 g/mol. The van der Waals surface area contributed by atoms with E-state index in [0.717, 1.165) is 4.90 Å². The number of nitrogens with one attached hydrogen (secondary N) is 1. The Balaban J connectivity index is 1.66. The molecule has 1 fully saturated rings. The van der Waals surface area contributed by atoms with Crippen molar-refractivity contribution < 1.29 is 27.1 Å².